The van der Waals surface area contributed by atoms with Gasteiger partial charge in [0.05, 0.1) is 27.8 Å². The highest BCUT2D eigenvalue weighted by atomic mass is 32.1. The van der Waals surface area contributed by atoms with Gasteiger partial charge in [-0.25, -0.2) is 24.9 Å². The predicted octanol–water partition coefficient (Wildman–Crippen LogP) is 3.72. The Labute approximate surface area is 145 Å². The number of fused-ring (bicyclic) bond motifs is 1. The Morgan fingerprint density at radius 1 is 1.42 bits per heavy atom. The van der Waals surface area contributed by atoms with Crippen LogP contribution >= 0.6 is 11.3 Å². The summed E-state index contributed by atoms with van der Waals surface area (Å²) < 4.78 is 1.65. The van der Waals surface area contributed by atoms with Crippen molar-refractivity contribution < 1.29 is 4.79 Å². The summed E-state index contributed by atoms with van der Waals surface area (Å²) in [6, 6.07) is 7.46. The first-order valence-corrected chi connectivity index (χ1v) is 8.75. The SMILES string of the molecule is CCc1nc(C)c(C(C)N(C)C(=O)Nn2cnc3ccccc32)s1. The zero-order valence-electron chi connectivity index (χ0n) is 14.3. The molecular weight excluding hydrogens is 322 g/mol. The molecule has 3 aromatic rings. The van der Waals surface area contributed by atoms with E-state index in [9.17, 15) is 4.79 Å². The number of thiazole rings is 1. The molecule has 0 aliphatic heterocycles. The second-order valence-electron chi connectivity index (χ2n) is 5.72. The van der Waals surface area contributed by atoms with Crippen LogP contribution in [-0.2, 0) is 6.42 Å². The number of benzene rings is 1. The third-order valence-corrected chi connectivity index (χ3v) is 5.60. The number of hydrogen-bond donors (Lipinski definition) is 1. The Morgan fingerprint density at radius 2 is 2.17 bits per heavy atom. The van der Waals surface area contributed by atoms with Gasteiger partial charge in [0.15, 0.2) is 0 Å². The van der Waals surface area contributed by atoms with Gasteiger partial charge in [-0.15, -0.1) is 11.3 Å². The largest absolute Gasteiger partial charge is 0.336 e. The summed E-state index contributed by atoms with van der Waals surface area (Å²) in [5, 5.41) is 1.10. The van der Waals surface area contributed by atoms with Crippen molar-refractivity contribution in [2.24, 2.45) is 0 Å². The molecule has 1 aromatic carbocycles. The molecule has 2 amide bonds. The minimum atomic E-state index is -0.184. The molecule has 0 spiro atoms. The summed E-state index contributed by atoms with van der Waals surface area (Å²) in [5.74, 6) is 0. The van der Waals surface area contributed by atoms with Crippen molar-refractivity contribution in [3.8, 4) is 0 Å². The number of nitrogens with one attached hydrogen (secondary N) is 1. The van der Waals surface area contributed by atoms with Crippen molar-refractivity contribution in [2.75, 3.05) is 12.5 Å². The Hall–Kier alpha value is -2.41. The van der Waals surface area contributed by atoms with Crippen LogP contribution in [0.2, 0.25) is 0 Å². The number of carbonyl (C=O) groups is 1. The van der Waals surface area contributed by atoms with Gasteiger partial charge in [-0.3, -0.25) is 0 Å². The van der Waals surface area contributed by atoms with E-state index in [1.807, 2.05) is 38.1 Å². The first kappa shape index (κ1) is 16.4. The number of amides is 2. The van der Waals surface area contributed by atoms with Crippen molar-refractivity contribution in [2.45, 2.75) is 33.2 Å². The van der Waals surface area contributed by atoms with E-state index < -0.39 is 0 Å². The smallest absolute Gasteiger partial charge is 0.319 e. The monoisotopic (exact) mass is 343 g/mol. The van der Waals surface area contributed by atoms with Crippen molar-refractivity contribution in [3.05, 3.63) is 46.2 Å². The molecule has 0 saturated heterocycles. The van der Waals surface area contributed by atoms with Crippen LogP contribution in [0.25, 0.3) is 11.0 Å². The van der Waals surface area contributed by atoms with Gasteiger partial charge in [-0.2, -0.15) is 0 Å². The average molecular weight is 343 g/mol. The van der Waals surface area contributed by atoms with E-state index in [0.29, 0.717) is 0 Å². The van der Waals surface area contributed by atoms with Crippen LogP contribution in [0.5, 0.6) is 0 Å². The molecule has 24 heavy (non-hydrogen) atoms. The van der Waals surface area contributed by atoms with Gasteiger partial charge in [-0.1, -0.05) is 19.1 Å². The molecule has 2 heterocycles. The first-order chi connectivity index (χ1) is 11.5. The van der Waals surface area contributed by atoms with Crippen molar-refractivity contribution in [1.29, 1.82) is 0 Å². The molecule has 1 unspecified atom stereocenters. The number of imidazole rings is 1. The summed E-state index contributed by atoms with van der Waals surface area (Å²) in [6.07, 6.45) is 2.53. The molecule has 6 nitrogen and oxygen atoms in total. The number of rotatable bonds is 4. The lowest BCUT2D eigenvalue weighted by molar-refractivity contribution is 0.206. The summed E-state index contributed by atoms with van der Waals surface area (Å²) in [7, 11) is 1.80. The number of para-hydroxylation sites is 2. The van der Waals surface area contributed by atoms with Gasteiger partial charge in [-0.05, 0) is 32.4 Å². The maximum atomic E-state index is 12.6. The van der Waals surface area contributed by atoms with E-state index in [2.05, 4.69) is 22.3 Å². The molecule has 0 aliphatic rings. The second kappa shape index (κ2) is 6.60. The van der Waals surface area contributed by atoms with E-state index in [1.54, 1.807) is 34.3 Å². The average Bonchev–Trinajstić information content (AvgIpc) is 3.17. The second-order valence-corrected chi connectivity index (χ2v) is 6.83. The third kappa shape index (κ3) is 2.99. The van der Waals surface area contributed by atoms with E-state index in [1.165, 1.54) is 0 Å². The maximum Gasteiger partial charge on any atom is 0.336 e. The quantitative estimate of drug-likeness (QED) is 0.785. The molecule has 7 heteroatoms. The Morgan fingerprint density at radius 3 is 2.88 bits per heavy atom. The van der Waals surface area contributed by atoms with E-state index in [0.717, 1.165) is 33.0 Å². The van der Waals surface area contributed by atoms with Crippen molar-refractivity contribution >= 4 is 28.4 Å². The Balaban J connectivity index is 1.77. The highest BCUT2D eigenvalue weighted by Gasteiger charge is 2.22. The predicted molar refractivity (Wildman–Crippen MR) is 96.9 cm³/mol. The fourth-order valence-electron chi connectivity index (χ4n) is 2.59. The van der Waals surface area contributed by atoms with Gasteiger partial charge >= 0.3 is 6.03 Å². The molecule has 0 fully saturated rings. The summed E-state index contributed by atoms with van der Waals surface area (Å²) in [4.78, 5) is 24.3. The molecule has 3 rings (SSSR count). The maximum absolute atomic E-state index is 12.6. The summed E-state index contributed by atoms with van der Waals surface area (Å²) in [5.41, 5.74) is 5.59. The fraction of sp³-hybridized carbons (Fsp3) is 0.353. The van der Waals surface area contributed by atoms with Crippen LogP contribution in [0, 0.1) is 6.92 Å². The third-order valence-electron chi connectivity index (χ3n) is 4.13. The zero-order chi connectivity index (χ0) is 17.3. The van der Waals surface area contributed by atoms with Gasteiger partial charge < -0.3 is 4.90 Å². The molecule has 2 aromatic heterocycles. The van der Waals surface area contributed by atoms with Gasteiger partial charge in [0.25, 0.3) is 0 Å². The molecular formula is C17H21N5OS. The Bertz CT molecular complexity index is 869. The molecule has 0 radical (unpaired) electrons. The minimum Gasteiger partial charge on any atom is -0.319 e. The number of aryl methyl sites for hydroxylation is 2. The van der Waals surface area contributed by atoms with E-state index in [4.69, 9.17) is 0 Å². The van der Waals surface area contributed by atoms with Crippen LogP contribution in [0.4, 0.5) is 4.79 Å². The van der Waals surface area contributed by atoms with Gasteiger partial charge in [0, 0.05) is 11.9 Å². The zero-order valence-corrected chi connectivity index (χ0v) is 15.1. The summed E-state index contributed by atoms with van der Waals surface area (Å²) >= 11 is 1.67. The van der Waals surface area contributed by atoms with E-state index in [-0.39, 0.29) is 12.1 Å². The molecule has 0 bridgehead atoms. The number of nitrogens with zero attached hydrogens (tertiary/aromatic N) is 4. The van der Waals surface area contributed by atoms with Crippen LogP contribution in [-0.4, -0.2) is 32.6 Å². The topological polar surface area (TPSA) is 63.1 Å². The first-order valence-electron chi connectivity index (χ1n) is 7.93. The lowest BCUT2D eigenvalue weighted by Gasteiger charge is -2.25. The lowest BCUT2D eigenvalue weighted by atomic mass is 10.2. The van der Waals surface area contributed by atoms with Crippen LogP contribution in [0.1, 0.15) is 35.5 Å². The number of hydrogen-bond acceptors (Lipinski definition) is 4. The molecule has 0 aliphatic carbocycles. The molecule has 0 saturated carbocycles. The summed E-state index contributed by atoms with van der Waals surface area (Å²) in [6.45, 7) is 6.11. The molecule has 1 N–H and O–H groups in total. The number of carbonyl (C=O) groups excluding carboxylic acids is 1. The van der Waals surface area contributed by atoms with Crippen LogP contribution in [0.15, 0.2) is 30.6 Å². The normalized spacial score (nSPS) is 12.3. The number of aromatic nitrogens is 3. The van der Waals surface area contributed by atoms with Gasteiger partial charge in [0.2, 0.25) is 0 Å². The fourth-order valence-corrected chi connectivity index (χ4v) is 3.69. The standard InChI is InChI=1S/C17H21N5OS/c1-5-15-19-11(2)16(24-15)12(3)21(4)17(23)20-22-10-18-13-8-6-7-9-14(13)22/h6-10,12H,5H2,1-4H3,(H,20,23). The van der Waals surface area contributed by atoms with Crippen molar-refractivity contribution in [3.63, 3.8) is 0 Å². The van der Waals surface area contributed by atoms with Crippen LogP contribution in [0.3, 0.4) is 0 Å². The number of urea groups is 1. The van der Waals surface area contributed by atoms with Crippen LogP contribution < -0.4 is 5.43 Å². The lowest BCUT2D eigenvalue weighted by Crippen LogP contribution is -2.37. The van der Waals surface area contributed by atoms with Crippen molar-refractivity contribution in [1.82, 2.24) is 19.5 Å². The Kier molecular flexibility index (Phi) is 4.53. The minimum absolute atomic E-state index is 0.0439. The highest BCUT2D eigenvalue weighted by molar-refractivity contribution is 7.11. The molecule has 126 valence electrons. The highest BCUT2D eigenvalue weighted by Crippen LogP contribution is 2.29. The van der Waals surface area contributed by atoms with E-state index >= 15 is 0 Å². The van der Waals surface area contributed by atoms with Gasteiger partial charge in [0.1, 0.15) is 6.33 Å². The molecule has 1 atom stereocenters.